The summed E-state index contributed by atoms with van der Waals surface area (Å²) in [6.07, 6.45) is 2.38. The first kappa shape index (κ1) is 20.8. The Hall–Kier alpha value is -1.25. The van der Waals surface area contributed by atoms with Crippen LogP contribution in [0.3, 0.4) is 0 Å². The summed E-state index contributed by atoms with van der Waals surface area (Å²) >= 11 is 0. The summed E-state index contributed by atoms with van der Waals surface area (Å²) in [6.45, 7) is 9.41. The number of guanidine groups is 1. The van der Waals surface area contributed by atoms with Crippen molar-refractivity contribution in [2.75, 3.05) is 26.7 Å². The fourth-order valence-corrected chi connectivity index (χ4v) is 2.73. The third-order valence-electron chi connectivity index (χ3n) is 4.18. The molecule has 1 aromatic rings. The van der Waals surface area contributed by atoms with Gasteiger partial charge in [0, 0.05) is 19.6 Å². The maximum Gasteiger partial charge on any atom is 0.341 e. The van der Waals surface area contributed by atoms with Gasteiger partial charge in [0.2, 0.25) is 0 Å². The molecule has 6 nitrogen and oxygen atoms in total. The molecule has 1 aliphatic rings. The molecule has 1 aromatic heterocycles. The third kappa shape index (κ3) is 5.39. The van der Waals surface area contributed by atoms with Crippen LogP contribution in [0.4, 0.5) is 0 Å². The van der Waals surface area contributed by atoms with Gasteiger partial charge in [-0.05, 0) is 38.7 Å². The van der Waals surface area contributed by atoms with Crippen LogP contribution >= 0.6 is 24.0 Å². The molecule has 0 radical (unpaired) electrons. The van der Waals surface area contributed by atoms with E-state index in [-0.39, 0.29) is 29.9 Å². The van der Waals surface area contributed by atoms with E-state index in [1.165, 1.54) is 20.0 Å². The summed E-state index contributed by atoms with van der Waals surface area (Å²) in [5.41, 5.74) is 0.467. The summed E-state index contributed by atoms with van der Waals surface area (Å²) in [5.74, 6) is 2.55. The highest BCUT2D eigenvalue weighted by atomic mass is 127. The van der Waals surface area contributed by atoms with Gasteiger partial charge < -0.3 is 19.4 Å². The molecule has 136 valence electrons. The van der Waals surface area contributed by atoms with Crippen molar-refractivity contribution in [1.82, 2.24) is 10.2 Å². The lowest BCUT2D eigenvalue weighted by molar-refractivity contribution is 0.0599. The topological polar surface area (TPSA) is 67.1 Å². The zero-order valence-corrected chi connectivity index (χ0v) is 17.3. The summed E-state index contributed by atoms with van der Waals surface area (Å²) < 4.78 is 10.4. The Kier molecular flexibility index (Phi) is 8.58. The number of hydrogen-bond donors (Lipinski definition) is 1. The standard InChI is InChI=1S/C17H27N3O3.HI/c1-5-18-17(20-8-6-12(2)7-9-20)19-11-14-10-15(13(3)23-14)16(21)22-4;/h10,12H,5-9,11H2,1-4H3,(H,18,19);1H. The number of aliphatic imine (C=N–C) groups is 1. The molecule has 2 rings (SSSR count). The van der Waals surface area contributed by atoms with Gasteiger partial charge >= 0.3 is 5.97 Å². The number of nitrogens with one attached hydrogen (secondary N) is 1. The van der Waals surface area contributed by atoms with E-state index in [4.69, 9.17) is 9.15 Å². The summed E-state index contributed by atoms with van der Waals surface area (Å²) in [5, 5.41) is 3.34. The highest BCUT2D eigenvalue weighted by Crippen LogP contribution is 2.18. The Labute approximate surface area is 161 Å². The zero-order valence-electron chi connectivity index (χ0n) is 14.9. The monoisotopic (exact) mass is 449 g/mol. The number of halogens is 1. The first-order valence-corrected chi connectivity index (χ1v) is 8.26. The number of piperidine rings is 1. The predicted octanol–water partition coefficient (Wildman–Crippen LogP) is 3.19. The van der Waals surface area contributed by atoms with Gasteiger partial charge in [-0.15, -0.1) is 24.0 Å². The van der Waals surface area contributed by atoms with Gasteiger partial charge in [-0.25, -0.2) is 9.79 Å². The molecule has 0 aliphatic carbocycles. The zero-order chi connectivity index (χ0) is 16.8. The average molecular weight is 449 g/mol. The minimum atomic E-state index is -0.376. The summed E-state index contributed by atoms with van der Waals surface area (Å²) in [7, 11) is 1.37. The Morgan fingerprint density at radius 3 is 2.71 bits per heavy atom. The van der Waals surface area contributed by atoms with Crippen molar-refractivity contribution in [2.24, 2.45) is 10.9 Å². The molecule has 1 aliphatic heterocycles. The number of hydrogen-bond acceptors (Lipinski definition) is 4. The molecule has 1 saturated heterocycles. The van der Waals surface area contributed by atoms with Crippen molar-refractivity contribution in [3.05, 3.63) is 23.2 Å². The van der Waals surface area contributed by atoms with Crippen LogP contribution < -0.4 is 5.32 Å². The van der Waals surface area contributed by atoms with Crippen molar-refractivity contribution < 1.29 is 13.9 Å². The molecule has 0 atom stereocenters. The van der Waals surface area contributed by atoms with E-state index in [9.17, 15) is 4.79 Å². The number of likely N-dealkylation sites (tertiary alicyclic amines) is 1. The van der Waals surface area contributed by atoms with Crippen LogP contribution in [0.1, 0.15) is 48.6 Å². The maximum absolute atomic E-state index is 11.6. The average Bonchev–Trinajstić information content (AvgIpc) is 2.92. The molecule has 0 amide bonds. The smallest absolute Gasteiger partial charge is 0.341 e. The number of carbonyl (C=O) groups is 1. The normalized spacial score (nSPS) is 15.8. The molecule has 0 saturated carbocycles. The number of aryl methyl sites for hydroxylation is 1. The number of nitrogens with zero attached hydrogens (tertiary/aromatic N) is 2. The van der Waals surface area contributed by atoms with Gasteiger partial charge in [-0.1, -0.05) is 6.92 Å². The Morgan fingerprint density at radius 1 is 1.46 bits per heavy atom. The lowest BCUT2D eigenvalue weighted by atomic mass is 10.00. The molecule has 0 aromatic carbocycles. The van der Waals surface area contributed by atoms with Crippen LogP contribution in [0.2, 0.25) is 0 Å². The fraction of sp³-hybridized carbons (Fsp3) is 0.647. The molecular formula is C17H28IN3O3. The largest absolute Gasteiger partial charge is 0.465 e. The van der Waals surface area contributed by atoms with Gasteiger partial charge in [0.15, 0.2) is 5.96 Å². The van der Waals surface area contributed by atoms with E-state index in [1.807, 2.05) is 0 Å². The fourth-order valence-electron chi connectivity index (χ4n) is 2.73. The minimum Gasteiger partial charge on any atom is -0.465 e. The van der Waals surface area contributed by atoms with Crippen molar-refractivity contribution in [3.8, 4) is 0 Å². The first-order chi connectivity index (χ1) is 11.0. The van der Waals surface area contributed by atoms with Crippen molar-refractivity contribution in [2.45, 2.75) is 40.2 Å². The molecule has 7 heteroatoms. The Morgan fingerprint density at radius 2 is 2.12 bits per heavy atom. The number of furan rings is 1. The predicted molar refractivity (Wildman–Crippen MR) is 105 cm³/mol. The lowest BCUT2D eigenvalue weighted by Crippen LogP contribution is -2.45. The van der Waals surface area contributed by atoms with E-state index < -0.39 is 0 Å². The number of rotatable bonds is 4. The van der Waals surface area contributed by atoms with Gasteiger partial charge in [0.25, 0.3) is 0 Å². The molecular weight excluding hydrogens is 421 g/mol. The minimum absolute atomic E-state index is 0. The molecule has 1 fully saturated rings. The number of esters is 1. The molecule has 0 spiro atoms. The van der Waals surface area contributed by atoms with Crippen LogP contribution in [0, 0.1) is 12.8 Å². The molecule has 24 heavy (non-hydrogen) atoms. The number of carbonyl (C=O) groups excluding carboxylic acids is 1. The maximum atomic E-state index is 11.6. The third-order valence-corrected chi connectivity index (χ3v) is 4.18. The Bertz CT molecular complexity index is 563. The highest BCUT2D eigenvalue weighted by molar-refractivity contribution is 14.0. The molecule has 0 unspecified atom stereocenters. The number of methoxy groups -OCH3 is 1. The van der Waals surface area contributed by atoms with E-state index in [1.54, 1.807) is 13.0 Å². The second-order valence-electron chi connectivity index (χ2n) is 6.01. The van der Waals surface area contributed by atoms with Crippen LogP contribution in [0.5, 0.6) is 0 Å². The van der Waals surface area contributed by atoms with E-state index >= 15 is 0 Å². The van der Waals surface area contributed by atoms with Crippen LogP contribution in [0.25, 0.3) is 0 Å². The molecule has 0 bridgehead atoms. The van der Waals surface area contributed by atoms with E-state index in [0.29, 0.717) is 23.6 Å². The quantitative estimate of drug-likeness (QED) is 0.331. The Balaban J connectivity index is 0.00000288. The lowest BCUT2D eigenvalue weighted by Gasteiger charge is -2.32. The van der Waals surface area contributed by atoms with E-state index in [0.717, 1.165) is 31.5 Å². The summed E-state index contributed by atoms with van der Waals surface area (Å²) in [6, 6.07) is 1.71. The summed E-state index contributed by atoms with van der Waals surface area (Å²) in [4.78, 5) is 18.6. The van der Waals surface area contributed by atoms with Gasteiger partial charge in [0.1, 0.15) is 23.6 Å². The highest BCUT2D eigenvalue weighted by Gasteiger charge is 2.19. The van der Waals surface area contributed by atoms with Crippen LogP contribution in [-0.4, -0.2) is 43.6 Å². The van der Waals surface area contributed by atoms with Crippen molar-refractivity contribution >= 4 is 35.9 Å². The van der Waals surface area contributed by atoms with Crippen LogP contribution in [-0.2, 0) is 11.3 Å². The van der Waals surface area contributed by atoms with E-state index in [2.05, 4.69) is 29.1 Å². The molecule has 1 N–H and O–H groups in total. The molecule has 2 heterocycles. The van der Waals surface area contributed by atoms with Gasteiger partial charge in [0.05, 0.1) is 7.11 Å². The SMILES string of the molecule is CCNC(=NCc1cc(C(=O)OC)c(C)o1)N1CCC(C)CC1.I. The second kappa shape index (κ2) is 9.90. The first-order valence-electron chi connectivity index (χ1n) is 8.26. The second-order valence-corrected chi connectivity index (χ2v) is 6.01. The van der Waals surface area contributed by atoms with Crippen molar-refractivity contribution in [3.63, 3.8) is 0 Å². The van der Waals surface area contributed by atoms with Crippen molar-refractivity contribution in [1.29, 1.82) is 0 Å². The van der Waals surface area contributed by atoms with Gasteiger partial charge in [-0.3, -0.25) is 0 Å². The van der Waals surface area contributed by atoms with Crippen LogP contribution in [0.15, 0.2) is 15.5 Å². The van der Waals surface area contributed by atoms with Gasteiger partial charge in [-0.2, -0.15) is 0 Å². The number of ether oxygens (including phenoxy) is 1.